The number of hydrogen-bond acceptors (Lipinski definition) is 8. The van der Waals surface area contributed by atoms with Crippen LogP contribution in [-0.2, 0) is 41.6 Å². The number of hydrogen-bond donors (Lipinski definition) is 0. The molecule has 3 aromatic rings. The van der Waals surface area contributed by atoms with Crippen LogP contribution in [0.15, 0.2) is 72.8 Å². The second-order valence-electron chi connectivity index (χ2n) is 15.8. The molecule has 2 heterocycles. The second kappa shape index (κ2) is 17.5. The number of esters is 2. The molecule has 0 spiro atoms. The average Bonchev–Trinajstić information content (AvgIpc) is 3.66. The molecule has 0 aromatic heterocycles. The van der Waals surface area contributed by atoms with Crippen molar-refractivity contribution >= 4 is 47.3 Å². The highest BCUT2D eigenvalue weighted by Crippen LogP contribution is 2.52. The maximum atomic E-state index is 13.9. The second-order valence-corrected chi connectivity index (χ2v) is 15.8. The molecule has 2 aliphatic heterocycles. The summed E-state index contributed by atoms with van der Waals surface area (Å²) in [6.07, 6.45) is -0.324. The minimum absolute atomic E-state index is 0.0210. The van der Waals surface area contributed by atoms with Crippen molar-refractivity contribution in [3.05, 3.63) is 101 Å². The minimum Gasteiger partial charge on any atom is -0.462 e. The van der Waals surface area contributed by atoms with Crippen LogP contribution in [0.3, 0.4) is 0 Å². The number of anilines is 1. The Kier molecular flexibility index (Phi) is 12.7. The molecule has 4 atom stereocenters. The van der Waals surface area contributed by atoms with Gasteiger partial charge in [-0.15, -0.1) is 0 Å². The molecular weight excluding hydrogens is 753 g/mol. The number of alkyl halides is 3. The molecule has 0 radical (unpaired) electrons. The summed E-state index contributed by atoms with van der Waals surface area (Å²) in [5.41, 5.74) is 4.01. The zero-order valence-corrected chi connectivity index (χ0v) is 32.9. The third-order valence-electron chi connectivity index (χ3n) is 11.2. The number of imide groups is 2. The van der Waals surface area contributed by atoms with E-state index >= 15 is 0 Å². The predicted molar refractivity (Wildman–Crippen MR) is 208 cm³/mol. The number of halogens is 3. The number of aryl methyl sites for hydroxylation is 1. The Hall–Kier alpha value is -5.59. The summed E-state index contributed by atoms with van der Waals surface area (Å²) in [5, 5.41) is 0. The first-order valence-corrected chi connectivity index (χ1v) is 19.7. The summed E-state index contributed by atoms with van der Waals surface area (Å²) >= 11 is 0. The van der Waals surface area contributed by atoms with Crippen LogP contribution < -0.4 is 9.64 Å². The lowest BCUT2D eigenvalue weighted by Crippen LogP contribution is -2.53. The van der Waals surface area contributed by atoms with Crippen LogP contribution in [0, 0.1) is 23.7 Å². The van der Waals surface area contributed by atoms with Crippen molar-refractivity contribution in [1.82, 2.24) is 4.90 Å². The molecule has 13 heteroatoms. The lowest BCUT2D eigenvalue weighted by Gasteiger charge is -2.37. The molecule has 1 aliphatic carbocycles. The zero-order valence-electron chi connectivity index (χ0n) is 32.9. The van der Waals surface area contributed by atoms with Crippen LogP contribution in [0.25, 0.3) is 6.08 Å². The van der Waals surface area contributed by atoms with E-state index in [0.717, 1.165) is 16.7 Å². The normalized spacial score (nSPS) is 20.7. The van der Waals surface area contributed by atoms with Gasteiger partial charge in [0.25, 0.3) is 0 Å². The number of carbonyl (C=O) groups is 6. The molecule has 10 nitrogen and oxygen atoms in total. The summed E-state index contributed by atoms with van der Waals surface area (Å²) in [6, 6.07) is 18.1. The van der Waals surface area contributed by atoms with Gasteiger partial charge in [-0.2, -0.15) is 13.2 Å². The SMILES string of the molecule is CC(C)c1cc(N2C(=O)C3CC4CC(=O)N(C(C)C)C(=O)C4C3C2=O)ccc1CCOC(=O)/C=C/c1ccc(OC(=O)c2ccc(CCCCC(F)(F)F)cc2)cc1. The first kappa shape index (κ1) is 42.0. The number of rotatable bonds is 14. The Morgan fingerprint density at radius 2 is 1.55 bits per heavy atom. The summed E-state index contributed by atoms with van der Waals surface area (Å²) < 4.78 is 48.0. The quantitative estimate of drug-likeness (QED) is 0.0528. The molecule has 2 saturated heterocycles. The highest BCUT2D eigenvalue weighted by Gasteiger charge is 2.63. The lowest BCUT2D eigenvalue weighted by molar-refractivity contribution is -0.158. The molecular formula is C45H47F3N2O8. The highest BCUT2D eigenvalue weighted by molar-refractivity contribution is 6.23. The largest absolute Gasteiger partial charge is 0.462 e. The van der Waals surface area contributed by atoms with Gasteiger partial charge in [0.05, 0.1) is 35.6 Å². The Morgan fingerprint density at radius 3 is 2.21 bits per heavy atom. The predicted octanol–water partition coefficient (Wildman–Crippen LogP) is 8.01. The summed E-state index contributed by atoms with van der Waals surface area (Å²) in [5.74, 6) is -4.64. The molecule has 0 bridgehead atoms. The lowest BCUT2D eigenvalue weighted by atomic mass is 9.81. The Balaban J connectivity index is 0.990. The first-order valence-electron chi connectivity index (χ1n) is 19.7. The zero-order chi connectivity index (χ0) is 41.9. The van der Waals surface area contributed by atoms with Crippen molar-refractivity contribution in [3.63, 3.8) is 0 Å². The van der Waals surface area contributed by atoms with Gasteiger partial charge in [-0.1, -0.05) is 44.2 Å². The van der Waals surface area contributed by atoms with Gasteiger partial charge in [0.1, 0.15) is 5.75 Å². The van der Waals surface area contributed by atoms with Gasteiger partial charge in [0, 0.05) is 31.4 Å². The number of unbranched alkanes of at least 4 members (excludes halogenated alkanes) is 1. The summed E-state index contributed by atoms with van der Waals surface area (Å²) in [4.78, 5) is 81.3. The van der Waals surface area contributed by atoms with Gasteiger partial charge in [0.15, 0.2) is 0 Å². The Bertz CT molecular complexity index is 2090. The highest BCUT2D eigenvalue weighted by atomic mass is 19.4. The van der Waals surface area contributed by atoms with E-state index < -0.39 is 48.2 Å². The molecule has 58 heavy (non-hydrogen) atoms. The fraction of sp³-hybridized carbons (Fsp3) is 0.422. The van der Waals surface area contributed by atoms with Crippen LogP contribution in [0.4, 0.5) is 18.9 Å². The first-order chi connectivity index (χ1) is 27.5. The van der Waals surface area contributed by atoms with Crippen LogP contribution in [0.1, 0.15) is 98.3 Å². The monoisotopic (exact) mass is 800 g/mol. The van der Waals surface area contributed by atoms with Crippen molar-refractivity contribution in [2.24, 2.45) is 23.7 Å². The van der Waals surface area contributed by atoms with Crippen LogP contribution in [0.5, 0.6) is 5.75 Å². The van der Waals surface area contributed by atoms with E-state index in [-0.39, 0.29) is 60.8 Å². The minimum atomic E-state index is -4.16. The van der Waals surface area contributed by atoms with E-state index in [1.54, 1.807) is 74.5 Å². The number of likely N-dealkylation sites (tertiary alicyclic amines) is 1. The van der Waals surface area contributed by atoms with Gasteiger partial charge >= 0.3 is 18.1 Å². The molecule has 6 rings (SSSR count). The molecule has 0 N–H and O–H groups in total. The van der Waals surface area contributed by atoms with Gasteiger partial charge in [-0.3, -0.25) is 29.0 Å². The van der Waals surface area contributed by atoms with E-state index in [9.17, 15) is 41.9 Å². The number of fused-ring (bicyclic) bond motifs is 3. The van der Waals surface area contributed by atoms with Gasteiger partial charge in [-0.25, -0.2) is 9.59 Å². The smallest absolute Gasteiger partial charge is 0.389 e. The van der Waals surface area contributed by atoms with Crippen molar-refractivity contribution in [3.8, 4) is 5.75 Å². The third kappa shape index (κ3) is 9.40. The van der Waals surface area contributed by atoms with Crippen LogP contribution in [-0.4, -0.2) is 59.3 Å². The van der Waals surface area contributed by atoms with E-state index in [1.165, 1.54) is 15.9 Å². The number of amides is 4. The Labute approximate surface area is 335 Å². The van der Waals surface area contributed by atoms with E-state index in [2.05, 4.69) is 0 Å². The third-order valence-corrected chi connectivity index (χ3v) is 11.2. The van der Waals surface area contributed by atoms with Crippen molar-refractivity contribution in [2.75, 3.05) is 11.5 Å². The molecule has 1 saturated carbocycles. The molecule has 3 aliphatic rings. The van der Waals surface area contributed by atoms with E-state index in [4.69, 9.17) is 9.47 Å². The van der Waals surface area contributed by atoms with E-state index in [1.807, 2.05) is 26.0 Å². The van der Waals surface area contributed by atoms with E-state index in [0.29, 0.717) is 42.5 Å². The molecule has 306 valence electrons. The average molecular weight is 801 g/mol. The fourth-order valence-electron chi connectivity index (χ4n) is 8.37. The number of ether oxygens (including phenoxy) is 2. The molecule has 3 fully saturated rings. The maximum absolute atomic E-state index is 13.9. The maximum Gasteiger partial charge on any atom is 0.389 e. The van der Waals surface area contributed by atoms with Crippen molar-refractivity contribution < 1.29 is 51.4 Å². The van der Waals surface area contributed by atoms with Crippen molar-refractivity contribution in [2.45, 2.75) is 90.8 Å². The summed E-state index contributed by atoms with van der Waals surface area (Å²) in [6.45, 7) is 7.59. The molecule has 4 amide bonds. The number of piperidine rings is 1. The fourth-order valence-corrected chi connectivity index (χ4v) is 8.37. The van der Waals surface area contributed by atoms with Crippen molar-refractivity contribution in [1.29, 1.82) is 0 Å². The van der Waals surface area contributed by atoms with Gasteiger partial charge in [0.2, 0.25) is 23.6 Å². The Morgan fingerprint density at radius 1 is 0.845 bits per heavy atom. The van der Waals surface area contributed by atoms with Crippen LogP contribution in [0.2, 0.25) is 0 Å². The molecule has 4 unspecified atom stereocenters. The number of nitrogens with zero attached hydrogens (tertiary/aromatic N) is 2. The molecule has 3 aromatic carbocycles. The topological polar surface area (TPSA) is 127 Å². The number of benzene rings is 3. The standard InChI is InChI=1S/C45H47F3N2O8/c1-26(2)35-25-33(50-41(53)36-23-32-24-37(51)49(27(3)4)42(54)39(32)40(36)43(50)55)16-15-30(35)20-22-57-38(52)19-12-29-10-17-34(18-11-29)58-44(56)31-13-8-28(9-14-31)7-5-6-21-45(46,47)48/h8-19,25-27,32,36,39-40H,5-7,20-24H2,1-4H3/b19-12+. The summed E-state index contributed by atoms with van der Waals surface area (Å²) in [7, 11) is 0. The number of carbonyl (C=O) groups excluding carboxylic acids is 6. The van der Waals surface area contributed by atoms with Gasteiger partial charge < -0.3 is 9.47 Å². The van der Waals surface area contributed by atoms with Gasteiger partial charge in [-0.05, 0) is 116 Å². The van der Waals surface area contributed by atoms with Crippen LogP contribution >= 0.6 is 0 Å².